The molecule has 1 fully saturated rings. The molecule has 1 atom stereocenters. The molecule has 1 N–H and O–H groups in total. The normalized spacial score (nSPS) is 18.9. The fraction of sp³-hybridized carbons (Fsp3) is 0.185. The van der Waals surface area contributed by atoms with Gasteiger partial charge in [-0.05, 0) is 47.9 Å². The van der Waals surface area contributed by atoms with Gasteiger partial charge in [0.1, 0.15) is 19.0 Å². The lowest BCUT2D eigenvalue weighted by Crippen LogP contribution is -2.31. The van der Waals surface area contributed by atoms with Crippen molar-refractivity contribution in [3.63, 3.8) is 0 Å². The van der Waals surface area contributed by atoms with Crippen molar-refractivity contribution in [3.8, 4) is 11.5 Å². The number of aliphatic hydroxyl groups excluding tert-OH is 1. The van der Waals surface area contributed by atoms with Crippen LogP contribution >= 0.6 is 15.9 Å². The Morgan fingerprint density at radius 3 is 2.47 bits per heavy atom. The molecule has 3 aromatic carbocycles. The van der Waals surface area contributed by atoms with Gasteiger partial charge < -0.3 is 19.5 Å². The average Bonchev–Trinajstić information content (AvgIpc) is 3.12. The van der Waals surface area contributed by atoms with E-state index < -0.39 is 17.7 Å². The summed E-state index contributed by atoms with van der Waals surface area (Å²) in [5.41, 5.74) is 2.25. The highest BCUT2D eigenvalue weighted by atomic mass is 79.9. The van der Waals surface area contributed by atoms with Crippen molar-refractivity contribution < 1.29 is 24.2 Å². The number of halogens is 1. The summed E-state index contributed by atoms with van der Waals surface area (Å²) in [5.74, 6) is -0.491. The van der Waals surface area contributed by atoms with E-state index in [1.807, 2.05) is 54.6 Å². The average molecular weight is 520 g/mol. The first-order chi connectivity index (χ1) is 16.5. The predicted octanol–water partition coefficient (Wildman–Crippen LogP) is 4.88. The molecule has 0 bridgehead atoms. The van der Waals surface area contributed by atoms with E-state index >= 15 is 0 Å². The maximum Gasteiger partial charge on any atom is 0.295 e. The molecular weight excluding hydrogens is 498 g/mol. The van der Waals surface area contributed by atoms with E-state index in [2.05, 4.69) is 15.9 Å². The fourth-order valence-electron chi connectivity index (χ4n) is 4.37. The first-order valence-electron chi connectivity index (χ1n) is 11.0. The number of hydrogen-bond acceptors (Lipinski definition) is 5. The summed E-state index contributed by atoms with van der Waals surface area (Å²) >= 11 is 3.48. The number of likely N-dealkylation sites (tertiary alicyclic amines) is 1. The highest BCUT2D eigenvalue weighted by Gasteiger charge is 2.46. The van der Waals surface area contributed by atoms with Gasteiger partial charge in [0.15, 0.2) is 11.5 Å². The number of nitrogens with zero attached hydrogens (tertiary/aromatic N) is 1. The van der Waals surface area contributed by atoms with E-state index in [9.17, 15) is 14.7 Å². The number of ether oxygens (including phenoxy) is 2. The van der Waals surface area contributed by atoms with Crippen LogP contribution in [-0.2, 0) is 16.0 Å². The number of carbonyl (C=O) groups excluding carboxylic acids is 2. The van der Waals surface area contributed by atoms with Crippen LogP contribution in [0.3, 0.4) is 0 Å². The summed E-state index contributed by atoms with van der Waals surface area (Å²) in [5, 5.41) is 11.3. The zero-order chi connectivity index (χ0) is 23.7. The third-order valence-corrected chi connectivity index (χ3v) is 6.50. The van der Waals surface area contributed by atoms with Gasteiger partial charge in [0.25, 0.3) is 11.7 Å². The van der Waals surface area contributed by atoms with E-state index in [-0.39, 0.29) is 11.3 Å². The second-order valence-corrected chi connectivity index (χ2v) is 9.06. The molecular formula is C27H22BrNO5. The molecule has 0 unspecified atom stereocenters. The second-order valence-electron chi connectivity index (χ2n) is 8.14. The topological polar surface area (TPSA) is 76.1 Å². The fourth-order valence-corrected chi connectivity index (χ4v) is 4.79. The van der Waals surface area contributed by atoms with Gasteiger partial charge >= 0.3 is 0 Å². The number of ketones is 1. The van der Waals surface area contributed by atoms with Gasteiger partial charge in [0.2, 0.25) is 0 Å². The maximum absolute atomic E-state index is 13.2. The van der Waals surface area contributed by atoms with Gasteiger partial charge in [-0.1, -0.05) is 58.4 Å². The number of amides is 1. The number of carbonyl (C=O) groups is 2. The van der Waals surface area contributed by atoms with Crippen molar-refractivity contribution in [2.24, 2.45) is 0 Å². The third-order valence-electron chi connectivity index (χ3n) is 6.00. The third kappa shape index (κ3) is 4.19. The molecule has 0 radical (unpaired) electrons. The highest BCUT2D eigenvalue weighted by Crippen LogP contribution is 2.41. The standard InChI is InChI=1S/C27H22BrNO5/c28-20-8-4-7-18(15-20)24-23(25(30)19-9-10-21-22(16-19)34-14-13-33-21)26(31)27(32)29(24)12-11-17-5-2-1-3-6-17/h1-10,15-16,24,30H,11-14H2/b25-23+/t24-/m1/s1. The Balaban J connectivity index is 1.58. The second kappa shape index (κ2) is 9.35. The van der Waals surface area contributed by atoms with Gasteiger partial charge in [0, 0.05) is 16.6 Å². The smallest absolute Gasteiger partial charge is 0.295 e. The number of benzene rings is 3. The van der Waals surface area contributed by atoms with Crippen molar-refractivity contribution in [1.29, 1.82) is 0 Å². The minimum absolute atomic E-state index is 0.0628. The zero-order valence-electron chi connectivity index (χ0n) is 18.2. The van der Waals surface area contributed by atoms with Crippen molar-refractivity contribution in [2.75, 3.05) is 19.8 Å². The molecule has 172 valence electrons. The number of Topliss-reactive ketones (excluding diaryl/α,β-unsaturated/α-hetero) is 1. The van der Waals surface area contributed by atoms with Crippen LogP contribution in [0.1, 0.15) is 22.7 Å². The lowest BCUT2D eigenvalue weighted by atomic mass is 9.95. The summed E-state index contributed by atoms with van der Waals surface area (Å²) in [6, 6.07) is 21.5. The van der Waals surface area contributed by atoms with Crippen LogP contribution in [0.4, 0.5) is 0 Å². The van der Waals surface area contributed by atoms with Crippen molar-refractivity contribution >= 4 is 33.4 Å². The highest BCUT2D eigenvalue weighted by molar-refractivity contribution is 9.10. The van der Waals surface area contributed by atoms with Crippen LogP contribution < -0.4 is 9.47 Å². The van der Waals surface area contributed by atoms with Crippen LogP contribution in [0.25, 0.3) is 5.76 Å². The maximum atomic E-state index is 13.2. The molecule has 1 saturated heterocycles. The molecule has 2 aliphatic rings. The van der Waals surface area contributed by atoms with Crippen molar-refractivity contribution in [1.82, 2.24) is 4.90 Å². The van der Waals surface area contributed by atoms with Crippen LogP contribution in [0.2, 0.25) is 0 Å². The van der Waals surface area contributed by atoms with E-state index in [0.717, 1.165) is 15.6 Å². The van der Waals surface area contributed by atoms with Crippen LogP contribution in [0.15, 0.2) is 82.8 Å². The molecule has 7 heteroatoms. The number of hydrogen-bond donors (Lipinski definition) is 1. The van der Waals surface area contributed by atoms with Crippen molar-refractivity contribution in [3.05, 3.63) is 99.5 Å². The first kappa shape index (κ1) is 22.2. The molecule has 0 saturated carbocycles. The van der Waals surface area contributed by atoms with Crippen molar-refractivity contribution in [2.45, 2.75) is 12.5 Å². The summed E-state index contributed by atoms with van der Waals surface area (Å²) < 4.78 is 12.0. The molecule has 0 spiro atoms. The number of rotatable bonds is 5. The Labute approximate surface area is 205 Å². The molecule has 5 rings (SSSR count). The predicted molar refractivity (Wildman–Crippen MR) is 131 cm³/mol. The van der Waals surface area contributed by atoms with Crippen LogP contribution in [-0.4, -0.2) is 41.5 Å². The van der Waals surface area contributed by atoms with Gasteiger partial charge in [-0.3, -0.25) is 9.59 Å². The Hall–Kier alpha value is -3.58. The lowest BCUT2D eigenvalue weighted by molar-refractivity contribution is -0.139. The summed E-state index contributed by atoms with van der Waals surface area (Å²) in [6.45, 7) is 1.19. The van der Waals surface area contributed by atoms with E-state index in [1.165, 1.54) is 0 Å². The van der Waals surface area contributed by atoms with E-state index in [0.29, 0.717) is 43.2 Å². The monoisotopic (exact) mass is 519 g/mol. The summed E-state index contributed by atoms with van der Waals surface area (Å²) in [7, 11) is 0. The van der Waals surface area contributed by atoms with Gasteiger partial charge in [-0.15, -0.1) is 0 Å². The van der Waals surface area contributed by atoms with Crippen LogP contribution in [0, 0.1) is 0 Å². The largest absolute Gasteiger partial charge is 0.507 e. The minimum Gasteiger partial charge on any atom is -0.507 e. The van der Waals surface area contributed by atoms with E-state index in [4.69, 9.17) is 9.47 Å². The van der Waals surface area contributed by atoms with Gasteiger partial charge in [-0.2, -0.15) is 0 Å². The molecule has 2 heterocycles. The Bertz CT molecular complexity index is 1290. The molecule has 6 nitrogen and oxygen atoms in total. The molecule has 1 amide bonds. The van der Waals surface area contributed by atoms with Crippen LogP contribution in [0.5, 0.6) is 11.5 Å². The summed E-state index contributed by atoms with van der Waals surface area (Å²) in [6.07, 6.45) is 0.586. The SMILES string of the molecule is O=C1C(=O)N(CCc2ccccc2)[C@H](c2cccc(Br)c2)/C1=C(\O)c1ccc2c(c1)OCCO2. The molecule has 0 aliphatic carbocycles. The molecule has 2 aliphatic heterocycles. The Morgan fingerprint density at radius 2 is 1.71 bits per heavy atom. The quantitative estimate of drug-likeness (QED) is 0.295. The minimum atomic E-state index is -0.714. The summed E-state index contributed by atoms with van der Waals surface area (Å²) in [4.78, 5) is 27.9. The zero-order valence-corrected chi connectivity index (χ0v) is 19.8. The Morgan fingerprint density at radius 1 is 0.941 bits per heavy atom. The Kier molecular flexibility index (Phi) is 6.11. The van der Waals surface area contributed by atoms with Gasteiger partial charge in [-0.25, -0.2) is 0 Å². The lowest BCUT2D eigenvalue weighted by Gasteiger charge is -2.25. The first-order valence-corrected chi connectivity index (χ1v) is 11.8. The van der Waals surface area contributed by atoms with Gasteiger partial charge in [0.05, 0.1) is 11.6 Å². The number of fused-ring (bicyclic) bond motifs is 1. The molecule has 34 heavy (non-hydrogen) atoms. The molecule has 3 aromatic rings. The number of aliphatic hydroxyl groups is 1. The molecule has 0 aromatic heterocycles. The van der Waals surface area contributed by atoms with E-state index in [1.54, 1.807) is 23.1 Å².